The second-order valence-electron chi connectivity index (χ2n) is 6.05. The van der Waals surface area contributed by atoms with Crippen molar-refractivity contribution in [1.82, 2.24) is 15.1 Å². The number of rotatable bonds is 4. The van der Waals surface area contributed by atoms with Gasteiger partial charge in [0.2, 0.25) is 5.91 Å². The van der Waals surface area contributed by atoms with Crippen LogP contribution in [0.5, 0.6) is 0 Å². The highest BCUT2D eigenvalue weighted by atomic mass is 16.2. The Balaban J connectivity index is 2.44. The summed E-state index contributed by atoms with van der Waals surface area (Å²) in [5.74, 6) is -0.168. The van der Waals surface area contributed by atoms with Crippen molar-refractivity contribution in [1.29, 1.82) is 0 Å². The van der Waals surface area contributed by atoms with Crippen LogP contribution in [-0.4, -0.2) is 33.2 Å². The van der Waals surface area contributed by atoms with Gasteiger partial charge in [-0.15, -0.1) is 0 Å². The lowest BCUT2D eigenvalue weighted by Crippen LogP contribution is -2.69. The number of hydrogen-bond donors (Lipinski definition) is 1. The van der Waals surface area contributed by atoms with Crippen LogP contribution < -0.4 is 10.2 Å². The molecular weight excluding hydrogens is 268 g/mol. The van der Waals surface area contributed by atoms with E-state index < -0.39 is 11.6 Å². The molecule has 0 radical (unpaired) electrons. The molecular formula is C15H24N4O2. The topological polar surface area (TPSA) is 67.2 Å². The Morgan fingerprint density at radius 2 is 2.05 bits per heavy atom. The van der Waals surface area contributed by atoms with Gasteiger partial charge in [0.15, 0.2) is 0 Å². The van der Waals surface area contributed by atoms with E-state index in [4.69, 9.17) is 0 Å². The van der Waals surface area contributed by atoms with E-state index in [9.17, 15) is 9.59 Å². The third kappa shape index (κ3) is 2.54. The van der Waals surface area contributed by atoms with Crippen LogP contribution in [0.3, 0.4) is 0 Å². The van der Waals surface area contributed by atoms with Crippen LogP contribution in [0.1, 0.15) is 53.5 Å². The molecule has 21 heavy (non-hydrogen) atoms. The highest BCUT2D eigenvalue weighted by molar-refractivity contribution is 6.10. The first kappa shape index (κ1) is 15.5. The molecule has 1 saturated heterocycles. The highest BCUT2D eigenvalue weighted by Gasteiger charge is 2.47. The van der Waals surface area contributed by atoms with Gasteiger partial charge in [0.25, 0.3) is 5.91 Å². The van der Waals surface area contributed by atoms with E-state index in [0.717, 1.165) is 0 Å². The molecule has 2 unspecified atom stereocenters. The Labute approximate surface area is 125 Å². The molecule has 2 heterocycles. The fourth-order valence-corrected chi connectivity index (χ4v) is 2.57. The number of anilines is 1. The van der Waals surface area contributed by atoms with Gasteiger partial charge in [-0.05, 0) is 33.6 Å². The van der Waals surface area contributed by atoms with E-state index >= 15 is 0 Å². The molecule has 1 fully saturated rings. The largest absolute Gasteiger partial charge is 0.340 e. The monoisotopic (exact) mass is 292 g/mol. The lowest BCUT2D eigenvalue weighted by molar-refractivity contribution is -0.138. The number of piperazine rings is 1. The molecule has 1 aliphatic heterocycles. The van der Waals surface area contributed by atoms with Gasteiger partial charge in [-0.2, -0.15) is 5.10 Å². The van der Waals surface area contributed by atoms with Gasteiger partial charge in [0, 0.05) is 12.2 Å². The molecule has 6 heteroatoms. The zero-order valence-electron chi connectivity index (χ0n) is 13.4. The number of carbonyl (C=O) groups is 2. The quantitative estimate of drug-likeness (QED) is 0.921. The van der Waals surface area contributed by atoms with Gasteiger partial charge in [0.05, 0.1) is 11.9 Å². The molecule has 2 amide bonds. The SMILES string of the molecule is CCC1C(=O)NC(C)(CC)C(=O)N1c1cnn(C(C)C)c1. The second kappa shape index (κ2) is 5.50. The first-order valence-corrected chi connectivity index (χ1v) is 7.53. The summed E-state index contributed by atoms with van der Waals surface area (Å²) >= 11 is 0. The Kier molecular flexibility index (Phi) is 4.07. The van der Waals surface area contributed by atoms with Crippen molar-refractivity contribution in [3.63, 3.8) is 0 Å². The van der Waals surface area contributed by atoms with Gasteiger partial charge in [0.1, 0.15) is 11.6 Å². The molecule has 2 rings (SSSR count). The first-order valence-electron chi connectivity index (χ1n) is 7.53. The number of nitrogens with zero attached hydrogens (tertiary/aromatic N) is 3. The molecule has 0 saturated carbocycles. The summed E-state index contributed by atoms with van der Waals surface area (Å²) in [5.41, 5.74) is -0.155. The van der Waals surface area contributed by atoms with Crippen LogP contribution in [0.15, 0.2) is 12.4 Å². The maximum atomic E-state index is 12.8. The number of nitrogens with one attached hydrogen (secondary N) is 1. The summed E-state index contributed by atoms with van der Waals surface area (Å²) in [4.78, 5) is 26.8. The summed E-state index contributed by atoms with van der Waals surface area (Å²) in [7, 11) is 0. The van der Waals surface area contributed by atoms with Gasteiger partial charge in [-0.25, -0.2) is 0 Å². The Bertz CT molecular complexity index is 552. The number of amides is 2. The van der Waals surface area contributed by atoms with E-state index in [1.54, 1.807) is 22.7 Å². The lowest BCUT2D eigenvalue weighted by Gasteiger charge is -2.43. The second-order valence-corrected chi connectivity index (χ2v) is 6.05. The van der Waals surface area contributed by atoms with E-state index in [1.165, 1.54) is 0 Å². The lowest BCUT2D eigenvalue weighted by atomic mass is 9.91. The summed E-state index contributed by atoms with van der Waals surface area (Å²) in [6, 6.07) is -0.257. The van der Waals surface area contributed by atoms with Crippen LogP contribution in [0.2, 0.25) is 0 Å². The average Bonchev–Trinajstić information content (AvgIpc) is 2.92. The third-order valence-corrected chi connectivity index (χ3v) is 4.19. The van der Waals surface area contributed by atoms with Crippen molar-refractivity contribution in [3.05, 3.63) is 12.4 Å². The molecule has 1 aliphatic rings. The summed E-state index contributed by atoms with van der Waals surface area (Å²) < 4.78 is 1.80. The molecule has 1 aromatic rings. The minimum absolute atomic E-state index is 0.0697. The smallest absolute Gasteiger partial charge is 0.253 e. The van der Waals surface area contributed by atoms with Gasteiger partial charge >= 0.3 is 0 Å². The van der Waals surface area contributed by atoms with Crippen molar-refractivity contribution >= 4 is 17.5 Å². The van der Waals surface area contributed by atoms with E-state index in [1.807, 2.05) is 33.9 Å². The van der Waals surface area contributed by atoms with Crippen molar-refractivity contribution < 1.29 is 9.59 Å². The van der Waals surface area contributed by atoms with Crippen molar-refractivity contribution in [2.75, 3.05) is 4.90 Å². The molecule has 0 aliphatic carbocycles. The maximum Gasteiger partial charge on any atom is 0.253 e. The molecule has 0 spiro atoms. The normalized spacial score (nSPS) is 26.4. The molecule has 2 atom stereocenters. The highest BCUT2D eigenvalue weighted by Crippen LogP contribution is 2.28. The fraction of sp³-hybridized carbons (Fsp3) is 0.667. The zero-order valence-corrected chi connectivity index (χ0v) is 13.4. The average molecular weight is 292 g/mol. The Morgan fingerprint density at radius 1 is 1.38 bits per heavy atom. The number of carbonyl (C=O) groups excluding carboxylic acids is 2. The Morgan fingerprint density at radius 3 is 2.52 bits per heavy atom. The molecule has 1 N–H and O–H groups in total. The molecule has 116 valence electrons. The molecule has 1 aromatic heterocycles. The predicted octanol–water partition coefficient (Wildman–Crippen LogP) is 1.87. The van der Waals surface area contributed by atoms with Crippen LogP contribution in [0.4, 0.5) is 5.69 Å². The molecule has 6 nitrogen and oxygen atoms in total. The van der Waals surface area contributed by atoms with Crippen molar-refractivity contribution in [2.45, 2.75) is 65.1 Å². The third-order valence-electron chi connectivity index (χ3n) is 4.19. The zero-order chi connectivity index (χ0) is 15.8. The maximum absolute atomic E-state index is 12.8. The number of aromatic nitrogens is 2. The number of hydrogen-bond acceptors (Lipinski definition) is 3. The van der Waals surface area contributed by atoms with E-state index in [-0.39, 0.29) is 17.9 Å². The van der Waals surface area contributed by atoms with Gasteiger partial charge in [-0.1, -0.05) is 13.8 Å². The standard InChI is InChI=1S/C15H24N4O2/c1-6-12-13(20)17-15(5,7-2)14(21)19(12)11-8-16-18(9-11)10(3)4/h8-10,12H,6-7H2,1-5H3,(H,17,20). The molecule has 0 aromatic carbocycles. The molecule has 0 bridgehead atoms. The van der Waals surface area contributed by atoms with E-state index in [0.29, 0.717) is 18.5 Å². The fourth-order valence-electron chi connectivity index (χ4n) is 2.57. The Hall–Kier alpha value is -1.85. The summed E-state index contributed by atoms with van der Waals surface area (Å²) in [6.45, 7) is 9.63. The van der Waals surface area contributed by atoms with Gasteiger partial charge in [-0.3, -0.25) is 19.2 Å². The van der Waals surface area contributed by atoms with Gasteiger partial charge < -0.3 is 5.32 Å². The summed E-state index contributed by atoms with van der Waals surface area (Å²) in [6.07, 6.45) is 4.63. The first-order chi connectivity index (χ1) is 9.84. The minimum atomic E-state index is -0.845. The van der Waals surface area contributed by atoms with Crippen molar-refractivity contribution in [2.24, 2.45) is 0 Å². The van der Waals surface area contributed by atoms with Crippen molar-refractivity contribution in [3.8, 4) is 0 Å². The van der Waals surface area contributed by atoms with Crippen LogP contribution >= 0.6 is 0 Å². The predicted molar refractivity (Wildman–Crippen MR) is 81.0 cm³/mol. The van der Waals surface area contributed by atoms with Crippen LogP contribution in [0.25, 0.3) is 0 Å². The van der Waals surface area contributed by atoms with E-state index in [2.05, 4.69) is 10.4 Å². The minimum Gasteiger partial charge on any atom is -0.340 e. The van der Waals surface area contributed by atoms with Crippen LogP contribution in [-0.2, 0) is 9.59 Å². The van der Waals surface area contributed by atoms with Crippen LogP contribution in [0, 0.1) is 0 Å². The summed E-state index contributed by atoms with van der Waals surface area (Å²) in [5, 5.41) is 7.15.